The van der Waals surface area contributed by atoms with Crippen molar-refractivity contribution in [3.8, 4) is 0 Å². The third kappa shape index (κ3) is 5.26. The van der Waals surface area contributed by atoms with Gasteiger partial charge in [-0.15, -0.1) is 0 Å². The fraction of sp³-hybridized carbons (Fsp3) is 0.333. The molecule has 0 unspecified atom stereocenters. The largest absolute Gasteiger partial charge is 0.340 e. The normalized spacial score (nSPS) is 13.9. The molecule has 0 radical (unpaired) electrons. The van der Waals surface area contributed by atoms with Crippen LogP contribution in [0, 0.1) is 20.8 Å². The average molecular weight is 452 g/mol. The summed E-state index contributed by atoms with van der Waals surface area (Å²) in [6, 6.07) is 14.0. The molecule has 0 bridgehead atoms. The molecule has 1 fully saturated rings. The van der Waals surface area contributed by atoms with E-state index in [1.807, 2.05) is 31.2 Å². The number of anilines is 4. The highest BCUT2D eigenvalue weighted by atomic mass is 32.2. The van der Waals surface area contributed by atoms with Gasteiger partial charge in [0.1, 0.15) is 5.82 Å². The van der Waals surface area contributed by atoms with Gasteiger partial charge in [0.25, 0.3) is 0 Å². The predicted molar refractivity (Wildman–Crippen MR) is 129 cm³/mol. The van der Waals surface area contributed by atoms with Crippen molar-refractivity contribution in [1.82, 2.24) is 14.3 Å². The lowest BCUT2D eigenvalue weighted by atomic mass is 10.1. The van der Waals surface area contributed by atoms with E-state index in [1.165, 1.54) is 15.4 Å². The van der Waals surface area contributed by atoms with Crippen molar-refractivity contribution in [3.05, 3.63) is 70.9 Å². The standard InChI is InChI=1S/C24H29N5O2S/c1-16-11-17(2)13-21(12-16)27-24-25-14-18(3)23(28-24)26-20-7-5-19(6-8-20)15-29(4)32(30,31)22-9-10-22/h5-8,11-14,22H,9-10,15H2,1-4H3,(H2,25,26,27,28). The lowest BCUT2D eigenvalue weighted by Crippen LogP contribution is -2.29. The van der Waals surface area contributed by atoms with Gasteiger partial charge in [0.15, 0.2) is 0 Å². The van der Waals surface area contributed by atoms with Crippen molar-refractivity contribution in [3.63, 3.8) is 0 Å². The minimum Gasteiger partial charge on any atom is -0.340 e. The number of sulfonamides is 1. The van der Waals surface area contributed by atoms with E-state index < -0.39 is 10.0 Å². The Morgan fingerprint density at radius 2 is 1.62 bits per heavy atom. The molecule has 1 aromatic heterocycles. The summed E-state index contributed by atoms with van der Waals surface area (Å²) >= 11 is 0. The van der Waals surface area contributed by atoms with E-state index in [-0.39, 0.29) is 5.25 Å². The fourth-order valence-corrected chi connectivity index (χ4v) is 5.17. The van der Waals surface area contributed by atoms with Gasteiger partial charge in [-0.1, -0.05) is 18.2 Å². The third-order valence-corrected chi connectivity index (χ3v) is 7.76. The van der Waals surface area contributed by atoms with E-state index in [0.717, 1.165) is 35.3 Å². The predicted octanol–water partition coefficient (Wildman–Crippen LogP) is 4.81. The first kappa shape index (κ1) is 22.2. The van der Waals surface area contributed by atoms with Gasteiger partial charge in [0.2, 0.25) is 16.0 Å². The van der Waals surface area contributed by atoms with Crippen molar-refractivity contribution in [1.29, 1.82) is 0 Å². The number of aryl methyl sites for hydroxylation is 3. The van der Waals surface area contributed by atoms with Crippen molar-refractivity contribution >= 4 is 33.2 Å². The van der Waals surface area contributed by atoms with Crippen LogP contribution in [0.2, 0.25) is 0 Å². The molecule has 4 rings (SSSR count). The molecular formula is C24H29N5O2S. The van der Waals surface area contributed by atoms with E-state index >= 15 is 0 Å². The van der Waals surface area contributed by atoms with Gasteiger partial charge < -0.3 is 10.6 Å². The Morgan fingerprint density at radius 3 is 2.25 bits per heavy atom. The Morgan fingerprint density at radius 1 is 0.969 bits per heavy atom. The zero-order chi connectivity index (χ0) is 22.9. The topological polar surface area (TPSA) is 87.2 Å². The van der Waals surface area contributed by atoms with Crippen molar-refractivity contribution in [2.24, 2.45) is 0 Å². The van der Waals surface area contributed by atoms with E-state index in [0.29, 0.717) is 18.3 Å². The molecule has 168 valence electrons. The van der Waals surface area contributed by atoms with E-state index in [9.17, 15) is 8.42 Å². The van der Waals surface area contributed by atoms with E-state index in [2.05, 4.69) is 52.6 Å². The Labute approximate surface area is 190 Å². The van der Waals surface area contributed by atoms with Crippen LogP contribution >= 0.6 is 0 Å². The van der Waals surface area contributed by atoms with Crippen molar-refractivity contribution in [2.75, 3.05) is 17.7 Å². The highest BCUT2D eigenvalue weighted by Crippen LogP contribution is 2.31. The molecule has 0 amide bonds. The van der Waals surface area contributed by atoms with Gasteiger partial charge in [-0.05, 0) is 74.6 Å². The van der Waals surface area contributed by atoms with Crippen LogP contribution in [0.1, 0.15) is 35.1 Å². The Balaban J connectivity index is 1.45. The Bertz CT molecular complexity index is 1200. The molecule has 0 aliphatic heterocycles. The quantitative estimate of drug-likeness (QED) is 0.511. The molecule has 1 aliphatic rings. The molecule has 0 saturated heterocycles. The summed E-state index contributed by atoms with van der Waals surface area (Å²) in [5, 5.41) is 6.42. The monoisotopic (exact) mass is 451 g/mol. The maximum Gasteiger partial charge on any atom is 0.229 e. The number of nitrogens with one attached hydrogen (secondary N) is 2. The molecule has 8 heteroatoms. The van der Waals surface area contributed by atoms with Crippen LogP contribution in [0.5, 0.6) is 0 Å². The second-order valence-corrected chi connectivity index (χ2v) is 10.9. The summed E-state index contributed by atoms with van der Waals surface area (Å²) in [5.74, 6) is 1.24. The molecule has 0 atom stereocenters. The lowest BCUT2D eigenvalue weighted by molar-refractivity contribution is 0.465. The van der Waals surface area contributed by atoms with Crippen LogP contribution in [0.15, 0.2) is 48.7 Å². The van der Waals surface area contributed by atoms with Crippen molar-refractivity contribution in [2.45, 2.75) is 45.4 Å². The van der Waals surface area contributed by atoms with Gasteiger partial charge in [0.05, 0.1) is 5.25 Å². The first-order valence-corrected chi connectivity index (χ1v) is 12.2. The summed E-state index contributed by atoms with van der Waals surface area (Å²) in [4.78, 5) is 9.03. The van der Waals surface area contributed by atoms with E-state index in [1.54, 1.807) is 13.2 Å². The van der Waals surface area contributed by atoms with Gasteiger partial charge in [-0.25, -0.2) is 17.7 Å². The maximum atomic E-state index is 12.3. The van der Waals surface area contributed by atoms with Crippen LogP contribution in [-0.2, 0) is 16.6 Å². The lowest BCUT2D eigenvalue weighted by Gasteiger charge is -2.17. The zero-order valence-electron chi connectivity index (χ0n) is 18.9. The van der Waals surface area contributed by atoms with Gasteiger partial charge in [-0.3, -0.25) is 0 Å². The highest BCUT2D eigenvalue weighted by Gasteiger charge is 2.38. The Hall–Kier alpha value is -2.97. The number of aromatic nitrogens is 2. The number of rotatable bonds is 8. The Kier molecular flexibility index (Phi) is 6.17. The molecule has 1 aliphatic carbocycles. The van der Waals surface area contributed by atoms with Gasteiger partial charge in [-0.2, -0.15) is 4.98 Å². The minimum atomic E-state index is -3.17. The van der Waals surface area contributed by atoms with Crippen LogP contribution in [-0.4, -0.2) is 35.0 Å². The number of benzene rings is 2. The third-order valence-electron chi connectivity index (χ3n) is 5.45. The molecule has 7 nitrogen and oxygen atoms in total. The molecular weight excluding hydrogens is 422 g/mol. The fourth-order valence-electron chi connectivity index (χ4n) is 3.60. The molecule has 32 heavy (non-hydrogen) atoms. The van der Waals surface area contributed by atoms with Crippen LogP contribution in [0.25, 0.3) is 0 Å². The summed E-state index contributed by atoms with van der Waals surface area (Å²) < 4.78 is 26.1. The molecule has 0 spiro atoms. The molecule has 1 heterocycles. The van der Waals surface area contributed by atoms with Crippen LogP contribution in [0.3, 0.4) is 0 Å². The highest BCUT2D eigenvalue weighted by molar-refractivity contribution is 7.90. The number of nitrogens with zero attached hydrogens (tertiary/aromatic N) is 3. The van der Waals surface area contributed by atoms with Crippen molar-refractivity contribution < 1.29 is 8.42 Å². The van der Waals surface area contributed by atoms with Gasteiger partial charge >= 0.3 is 0 Å². The summed E-state index contributed by atoms with van der Waals surface area (Å²) in [7, 11) is -1.52. The zero-order valence-corrected chi connectivity index (χ0v) is 19.7. The van der Waals surface area contributed by atoms with E-state index in [4.69, 9.17) is 0 Å². The van der Waals surface area contributed by atoms with Crippen LogP contribution < -0.4 is 10.6 Å². The minimum absolute atomic E-state index is 0.194. The second-order valence-electron chi connectivity index (χ2n) is 8.55. The summed E-state index contributed by atoms with van der Waals surface area (Å²) in [6.45, 7) is 6.44. The number of hydrogen-bond donors (Lipinski definition) is 2. The van der Waals surface area contributed by atoms with Crippen LogP contribution in [0.4, 0.5) is 23.1 Å². The smallest absolute Gasteiger partial charge is 0.229 e. The number of hydrogen-bond acceptors (Lipinski definition) is 6. The second kappa shape index (κ2) is 8.88. The molecule has 2 aromatic carbocycles. The molecule has 3 aromatic rings. The summed E-state index contributed by atoms with van der Waals surface area (Å²) in [6.07, 6.45) is 3.33. The first-order valence-electron chi connectivity index (χ1n) is 10.7. The summed E-state index contributed by atoms with van der Waals surface area (Å²) in [5.41, 5.74) is 6.05. The first-order chi connectivity index (χ1) is 15.2. The molecule has 2 N–H and O–H groups in total. The molecule has 1 saturated carbocycles. The SMILES string of the molecule is Cc1cc(C)cc(Nc2ncc(C)c(Nc3ccc(CN(C)S(=O)(=O)C4CC4)cc3)n2)c1. The van der Waals surface area contributed by atoms with Gasteiger partial charge in [0, 0.05) is 36.7 Å². The maximum absolute atomic E-state index is 12.3. The average Bonchev–Trinajstić information content (AvgIpc) is 3.57.